The number of rotatable bonds is 4. The third kappa shape index (κ3) is 3.97. The number of aryl methyl sites for hydroxylation is 1. The molecule has 1 aliphatic carbocycles. The van der Waals surface area contributed by atoms with E-state index in [1.807, 2.05) is 6.92 Å². The van der Waals surface area contributed by atoms with Gasteiger partial charge in [-0.25, -0.2) is 4.98 Å². The Morgan fingerprint density at radius 3 is 2.46 bits per heavy atom. The van der Waals surface area contributed by atoms with Crippen LogP contribution < -0.4 is 4.74 Å². The fourth-order valence-corrected chi connectivity index (χ4v) is 3.15. The second-order valence-corrected chi connectivity index (χ2v) is 6.19. The lowest BCUT2D eigenvalue weighted by atomic mass is 9.92. The van der Waals surface area contributed by atoms with E-state index in [-0.39, 0.29) is 12.0 Å². The Hall–Kier alpha value is -1.41. The lowest BCUT2D eigenvalue weighted by Crippen LogP contribution is -2.38. The quantitative estimate of drug-likeness (QED) is 0.835. The van der Waals surface area contributed by atoms with Gasteiger partial charge in [-0.05, 0) is 19.3 Å². The summed E-state index contributed by atoms with van der Waals surface area (Å²) in [6.45, 7) is 3.07. The minimum absolute atomic E-state index is 0.00464. The Balaban J connectivity index is 1.69. The first-order valence-corrected chi connectivity index (χ1v) is 8.30. The van der Waals surface area contributed by atoms with Gasteiger partial charge in [-0.2, -0.15) is 18.2 Å². The molecule has 8 heteroatoms. The summed E-state index contributed by atoms with van der Waals surface area (Å²) in [7, 11) is 0. The maximum Gasteiger partial charge on any atom is 0.451 e. The highest BCUT2D eigenvalue weighted by Gasteiger charge is 2.41. The molecule has 0 atom stereocenters. The summed E-state index contributed by atoms with van der Waals surface area (Å²) in [5, 5.41) is 0. The van der Waals surface area contributed by atoms with E-state index in [0.717, 1.165) is 0 Å². The van der Waals surface area contributed by atoms with Crippen molar-refractivity contribution in [1.82, 2.24) is 9.97 Å². The molecule has 2 aliphatic rings. The van der Waals surface area contributed by atoms with Gasteiger partial charge in [0.2, 0.25) is 11.7 Å². The summed E-state index contributed by atoms with van der Waals surface area (Å²) < 4.78 is 55.9. The molecule has 0 N–H and O–H groups in total. The first-order chi connectivity index (χ1) is 11.4. The second-order valence-electron chi connectivity index (χ2n) is 6.19. The number of ether oxygens (including phenoxy) is 3. The lowest BCUT2D eigenvalue weighted by Gasteiger charge is -2.35. The number of nitrogens with zero attached hydrogens (tertiary/aromatic N) is 2. The SMILES string of the molecule is CCCc1cc(OC2CCC3(CC2)OCCO3)nc(C(F)(F)F)n1. The molecule has 2 heterocycles. The van der Waals surface area contributed by atoms with Crippen LogP contribution in [-0.4, -0.2) is 35.1 Å². The van der Waals surface area contributed by atoms with Crippen LogP contribution in [0.25, 0.3) is 0 Å². The van der Waals surface area contributed by atoms with Crippen molar-refractivity contribution in [3.63, 3.8) is 0 Å². The molecule has 2 fully saturated rings. The molecular formula is C16H21F3N2O3. The largest absolute Gasteiger partial charge is 0.474 e. The van der Waals surface area contributed by atoms with Crippen molar-refractivity contribution in [3.05, 3.63) is 17.6 Å². The second kappa shape index (κ2) is 6.84. The van der Waals surface area contributed by atoms with Crippen molar-refractivity contribution < 1.29 is 27.4 Å². The van der Waals surface area contributed by atoms with Gasteiger partial charge in [-0.15, -0.1) is 0 Å². The van der Waals surface area contributed by atoms with Gasteiger partial charge in [0, 0.05) is 24.6 Å². The Labute approximate surface area is 138 Å². The minimum atomic E-state index is -4.58. The molecule has 1 aliphatic heterocycles. The van der Waals surface area contributed by atoms with Crippen LogP contribution in [0.2, 0.25) is 0 Å². The zero-order valence-electron chi connectivity index (χ0n) is 13.6. The molecule has 1 aromatic heterocycles. The van der Waals surface area contributed by atoms with E-state index in [1.165, 1.54) is 6.07 Å². The Kier molecular flexibility index (Phi) is 4.96. The third-order valence-electron chi connectivity index (χ3n) is 4.31. The minimum Gasteiger partial charge on any atom is -0.474 e. The summed E-state index contributed by atoms with van der Waals surface area (Å²) >= 11 is 0. The van der Waals surface area contributed by atoms with E-state index < -0.39 is 17.8 Å². The Morgan fingerprint density at radius 1 is 1.21 bits per heavy atom. The van der Waals surface area contributed by atoms with Crippen molar-refractivity contribution >= 4 is 0 Å². The van der Waals surface area contributed by atoms with Gasteiger partial charge in [0.15, 0.2) is 5.79 Å². The molecule has 0 radical (unpaired) electrons. The summed E-state index contributed by atoms with van der Waals surface area (Å²) in [4.78, 5) is 7.14. The van der Waals surface area contributed by atoms with E-state index >= 15 is 0 Å². The predicted molar refractivity (Wildman–Crippen MR) is 78.5 cm³/mol. The van der Waals surface area contributed by atoms with Gasteiger partial charge in [-0.3, -0.25) is 0 Å². The maximum atomic E-state index is 13.0. The molecule has 1 saturated carbocycles. The number of alkyl halides is 3. The molecule has 0 aromatic carbocycles. The third-order valence-corrected chi connectivity index (χ3v) is 4.31. The Morgan fingerprint density at radius 2 is 1.88 bits per heavy atom. The van der Waals surface area contributed by atoms with Gasteiger partial charge >= 0.3 is 6.18 Å². The molecule has 0 unspecified atom stereocenters. The fourth-order valence-electron chi connectivity index (χ4n) is 3.15. The number of halogens is 3. The van der Waals surface area contributed by atoms with Crippen LogP contribution in [0.1, 0.15) is 50.5 Å². The van der Waals surface area contributed by atoms with Crippen molar-refractivity contribution in [2.45, 2.75) is 63.5 Å². The summed E-state index contributed by atoms with van der Waals surface area (Å²) in [6.07, 6.45) is -0.930. The van der Waals surface area contributed by atoms with E-state index in [4.69, 9.17) is 14.2 Å². The molecule has 0 bridgehead atoms. The molecule has 1 aromatic rings. The van der Waals surface area contributed by atoms with E-state index in [1.54, 1.807) is 0 Å². The zero-order valence-corrected chi connectivity index (χ0v) is 13.6. The summed E-state index contributed by atoms with van der Waals surface area (Å²) in [5.74, 6) is -1.66. The van der Waals surface area contributed by atoms with E-state index in [9.17, 15) is 13.2 Å². The smallest absolute Gasteiger partial charge is 0.451 e. The lowest BCUT2D eigenvalue weighted by molar-refractivity contribution is -0.186. The van der Waals surface area contributed by atoms with Crippen LogP contribution in [-0.2, 0) is 22.1 Å². The van der Waals surface area contributed by atoms with Gasteiger partial charge in [0.1, 0.15) is 6.10 Å². The highest BCUT2D eigenvalue weighted by Crippen LogP contribution is 2.37. The molecule has 1 spiro atoms. The zero-order chi connectivity index (χ0) is 17.2. The van der Waals surface area contributed by atoms with Crippen molar-refractivity contribution in [1.29, 1.82) is 0 Å². The first kappa shape index (κ1) is 17.4. The standard InChI is InChI=1S/C16H21F3N2O3/c1-2-3-11-10-13(21-14(20-11)16(17,18)19)24-12-4-6-15(7-5-12)22-8-9-23-15/h10,12H,2-9H2,1H3. The highest BCUT2D eigenvalue weighted by atomic mass is 19.4. The van der Waals surface area contributed by atoms with Crippen molar-refractivity contribution in [2.24, 2.45) is 0 Å². The monoisotopic (exact) mass is 346 g/mol. The van der Waals surface area contributed by atoms with Crippen LogP contribution in [0.5, 0.6) is 5.88 Å². The van der Waals surface area contributed by atoms with Gasteiger partial charge < -0.3 is 14.2 Å². The van der Waals surface area contributed by atoms with Gasteiger partial charge in [0.25, 0.3) is 0 Å². The first-order valence-electron chi connectivity index (χ1n) is 8.30. The van der Waals surface area contributed by atoms with Gasteiger partial charge in [0.05, 0.1) is 13.2 Å². The van der Waals surface area contributed by atoms with Crippen molar-refractivity contribution in [2.75, 3.05) is 13.2 Å². The van der Waals surface area contributed by atoms with E-state index in [0.29, 0.717) is 57.4 Å². The van der Waals surface area contributed by atoms with E-state index in [2.05, 4.69) is 9.97 Å². The Bertz CT molecular complexity index is 564. The topological polar surface area (TPSA) is 53.5 Å². The summed E-state index contributed by atoms with van der Waals surface area (Å²) in [6, 6.07) is 1.51. The molecule has 0 amide bonds. The maximum absolute atomic E-state index is 13.0. The fraction of sp³-hybridized carbons (Fsp3) is 0.750. The number of hydrogen-bond acceptors (Lipinski definition) is 5. The predicted octanol–water partition coefficient (Wildman–Crippen LogP) is 3.51. The van der Waals surface area contributed by atoms with Gasteiger partial charge in [-0.1, -0.05) is 13.3 Å². The number of aromatic nitrogens is 2. The van der Waals surface area contributed by atoms with Crippen LogP contribution in [0.3, 0.4) is 0 Å². The normalized spacial score (nSPS) is 21.3. The average Bonchev–Trinajstić information content (AvgIpc) is 2.98. The molecular weight excluding hydrogens is 325 g/mol. The van der Waals surface area contributed by atoms with Crippen LogP contribution in [0.15, 0.2) is 6.07 Å². The average molecular weight is 346 g/mol. The van der Waals surface area contributed by atoms with Crippen molar-refractivity contribution in [3.8, 4) is 5.88 Å². The molecule has 5 nitrogen and oxygen atoms in total. The summed E-state index contributed by atoms with van der Waals surface area (Å²) in [5.41, 5.74) is 0.351. The molecule has 24 heavy (non-hydrogen) atoms. The molecule has 3 rings (SSSR count). The van der Waals surface area contributed by atoms with Crippen LogP contribution >= 0.6 is 0 Å². The highest BCUT2D eigenvalue weighted by molar-refractivity contribution is 5.18. The molecule has 134 valence electrons. The van der Waals surface area contributed by atoms with Crippen LogP contribution in [0, 0.1) is 0 Å². The molecule has 1 saturated heterocycles. The van der Waals surface area contributed by atoms with Crippen LogP contribution in [0.4, 0.5) is 13.2 Å². The number of hydrogen-bond donors (Lipinski definition) is 0.